The summed E-state index contributed by atoms with van der Waals surface area (Å²) in [5.74, 6) is 0. The van der Waals surface area contributed by atoms with E-state index >= 15 is 0 Å². The molecule has 0 spiro atoms. The molecule has 4 N–H and O–H groups in total. The van der Waals surface area contributed by atoms with Crippen molar-refractivity contribution in [1.82, 2.24) is 0 Å². The fourth-order valence-corrected chi connectivity index (χ4v) is 0. The van der Waals surface area contributed by atoms with Gasteiger partial charge in [0.1, 0.15) is 0 Å². The Balaban J connectivity index is 0. The van der Waals surface area contributed by atoms with Crippen LogP contribution in [-0.2, 0) is 0 Å². The van der Waals surface area contributed by atoms with Crippen LogP contribution in [0.15, 0.2) is 0 Å². The zero-order chi connectivity index (χ0) is 4.28. The van der Waals surface area contributed by atoms with E-state index in [0.29, 0.717) is 0 Å². The average Bonchev–Trinajstić information content (AvgIpc) is 1.38. The molecule has 0 saturated carbocycles. The van der Waals surface area contributed by atoms with Crippen molar-refractivity contribution in [1.29, 1.82) is 0 Å². The van der Waals surface area contributed by atoms with Gasteiger partial charge in [0.2, 0.25) is 0 Å². The highest BCUT2D eigenvalue weighted by Crippen LogP contribution is 1.68. The Morgan fingerprint density at radius 2 is 1.67 bits per heavy atom. The lowest BCUT2D eigenvalue weighted by Gasteiger charge is -1.92. The molecule has 0 unspecified atom stereocenters. The maximum absolute atomic E-state index is 5.07. The topological polar surface area (TPSA) is 52.0 Å². The summed E-state index contributed by atoms with van der Waals surface area (Å²) in [6.07, 6.45) is 0.745. The highest BCUT2D eigenvalue weighted by Gasteiger charge is 1.79. The van der Waals surface area contributed by atoms with Crippen molar-refractivity contribution in [2.45, 2.75) is 19.5 Å². The van der Waals surface area contributed by atoms with E-state index in [0.717, 1.165) is 6.42 Å². The Morgan fingerprint density at radius 1 is 1.50 bits per heavy atom. The van der Waals surface area contributed by atoms with E-state index in [9.17, 15) is 0 Å². The van der Waals surface area contributed by atoms with Crippen LogP contribution in [-0.4, -0.2) is 6.17 Å². The molecule has 0 bridgehead atoms. The van der Waals surface area contributed by atoms with Crippen LogP contribution < -0.4 is 11.5 Å². The fraction of sp³-hybridized carbons (Fsp3) is 1.00. The minimum absolute atomic E-state index is 0. The predicted octanol–water partition coefficient (Wildman–Crippen LogP) is 0.0617. The molecule has 40 valence electrons. The van der Waals surface area contributed by atoms with Gasteiger partial charge >= 0.3 is 0 Å². The van der Waals surface area contributed by atoms with Crippen LogP contribution in [0, 0.1) is 0 Å². The first kappa shape index (κ1) is 9.51. The monoisotopic (exact) mass is 110 g/mol. The van der Waals surface area contributed by atoms with Gasteiger partial charge in [-0.3, -0.25) is 0 Å². The van der Waals surface area contributed by atoms with E-state index < -0.39 is 0 Å². The minimum atomic E-state index is -0.116. The third-order valence-corrected chi connectivity index (χ3v) is 0.471. The van der Waals surface area contributed by atoms with E-state index in [1.165, 1.54) is 0 Å². The second-order valence-corrected chi connectivity index (χ2v) is 1.07. The van der Waals surface area contributed by atoms with Crippen LogP contribution in [0.2, 0.25) is 0 Å². The third-order valence-electron chi connectivity index (χ3n) is 0.471. The summed E-state index contributed by atoms with van der Waals surface area (Å²) in [5, 5.41) is 0. The molecule has 0 aromatic heterocycles. The zero-order valence-electron chi connectivity index (χ0n) is 3.85. The zero-order valence-corrected chi connectivity index (χ0v) is 4.66. The van der Waals surface area contributed by atoms with E-state index in [2.05, 4.69) is 0 Å². The van der Waals surface area contributed by atoms with Crippen molar-refractivity contribution >= 4 is 12.4 Å². The van der Waals surface area contributed by atoms with Crippen LogP contribution in [0.4, 0.5) is 0 Å². The Labute approximate surface area is 44.3 Å². The van der Waals surface area contributed by atoms with Gasteiger partial charge in [-0.25, -0.2) is 0 Å². The number of rotatable bonds is 1. The van der Waals surface area contributed by atoms with Gasteiger partial charge in [0.25, 0.3) is 0 Å². The average molecular weight is 111 g/mol. The van der Waals surface area contributed by atoms with Gasteiger partial charge in [0, 0.05) is 0 Å². The summed E-state index contributed by atoms with van der Waals surface area (Å²) in [5.41, 5.74) is 10.1. The molecule has 0 atom stereocenters. The quantitative estimate of drug-likeness (QED) is 0.469. The fourth-order valence-electron chi connectivity index (χ4n) is 0. The predicted molar refractivity (Wildman–Crippen MR) is 29.7 cm³/mol. The van der Waals surface area contributed by atoms with Crippen LogP contribution in [0.3, 0.4) is 0 Å². The molecule has 0 radical (unpaired) electrons. The summed E-state index contributed by atoms with van der Waals surface area (Å²) < 4.78 is 0. The molecular formula is C3H11ClN2. The van der Waals surface area contributed by atoms with E-state index in [4.69, 9.17) is 11.5 Å². The molecule has 0 aliphatic carbocycles. The van der Waals surface area contributed by atoms with Crippen molar-refractivity contribution in [3.63, 3.8) is 0 Å². The maximum Gasteiger partial charge on any atom is 0.0518 e. The van der Waals surface area contributed by atoms with E-state index in [1.54, 1.807) is 0 Å². The Hall–Kier alpha value is 0.210. The SMILES string of the molecule is CCC(N)N.Cl. The van der Waals surface area contributed by atoms with Gasteiger partial charge in [0.15, 0.2) is 0 Å². The lowest BCUT2D eigenvalue weighted by Crippen LogP contribution is -2.28. The number of nitrogens with two attached hydrogens (primary N) is 2. The summed E-state index contributed by atoms with van der Waals surface area (Å²) >= 11 is 0. The largest absolute Gasteiger partial charge is 0.316 e. The van der Waals surface area contributed by atoms with Gasteiger partial charge in [-0.15, -0.1) is 12.4 Å². The minimum Gasteiger partial charge on any atom is -0.316 e. The number of halogens is 1. The van der Waals surface area contributed by atoms with Gasteiger partial charge in [-0.05, 0) is 6.42 Å². The first-order valence-electron chi connectivity index (χ1n) is 1.78. The second kappa shape index (κ2) is 5.21. The summed E-state index contributed by atoms with van der Waals surface area (Å²) in [6.45, 7) is 1.95. The van der Waals surface area contributed by atoms with Gasteiger partial charge in [-0.2, -0.15) is 0 Å². The van der Waals surface area contributed by atoms with Crippen molar-refractivity contribution in [2.75, 3.05) is 0 Å². The summed E-state index contributed by atoms with van der Waals surface area (Å²) in [4.78, 5) is 0. The molecule has 0 aromatic rings. The van der Waals surface area contributed by atoms with Crippen molar-refractivity contribution in [2.24, 2.45) is 11.5 Å². The molecule has 0 saturated heterocycles. The van der Waals surface area contributed by atoms with Crippen LogP contribution in [0.25, 0.3) is 0 Å². The summed E-state index contributed by atoms with van der Waals surface area (Å²) in [6, 6.07) is 0. The normalized spacial score (nSPS) is 8.00. The highest BCUT2D eigenvalue weighted by molar-refractivity contribution is 5.85. The van der Waals surface area contributed by atoms with Gasteiger partial charge < -0.3 is 11.5 Å². The Morgan fingerprint density at radius 3 is 1.67 bits per heavy atom. The Kier molecular flexibility index (Phi) is 8.26. The van der Waals surface area contributed by atoms with Gasteiger partial charge in [0.05, 0.1) is 6.17 Å². The van der Waals surface area contributed by atoms with Crippen LogP contribution >= 0.6 is 12.4 Å². The molecule has 0 aliphatic rings. The number of hydrogen-bond donors (Lipinski definition) is 2. The molecule has 3 heteroatoms. The van der Waals surface area contributed by atoms with E-state index in [1.807, 2.05) is 6.92 Å². The van der Waals surface area contributed by atoms with Crippen LogP contribution in [0.1, 0.15) is 13.3 Å². The molecule has 0 heterocycles. The smallest absolute Gasteiger partial charge is 0.0518 e. The second-order valence-electron chi connectivity index (χ2n) is 1.07. The highest BCUT2D eigenvalue weighted by atomic mass is 35.5. The first-order chi connectivity index (χ1) is 2.27. The molecule has 0 amide bonds. The van der Waals surface area contributed by atoms with E-state index in [-0.39, 0.29) is 18.6 Å². The maximum atomic E-state index is 5.07. The van der Waals surface area contributed by atoms with Crippen molar-refractivity contribution in [3.05, 3.63) is 0 Å². The first-order valence-corrected chi connectivity index (χ1v) is 1.78. The molecule has 2 nitrogen and oxygen atoms in total. The molecular weight excluding hydrogens is 99.5 g/mol. The summed E-state index contributed by atoms with van der Waals surface area (Å²) in [7, 11) is 0. The van der Waals surface area contributed by atoms with Gasteiger partial charge in [-0.1, -0.05) is 6.92 Å². The lowest BCUT2D eigenvalue weighted by molar-refractivity contribution is 0.682. The molecule has 0 aliphatic heterocycles. The molecule has 0 aromatic carbocycles. The molecule has 0 rings (SSSR count). The molecule has 6 heavy (non-hydrogen) atoms. The molecule has 0 fully saturated rings. The third kappa shape index (κ3) is 8.88. The Bertz CT molecular complexity index is 22.8. The number of hydrogen-bond acceptors (Lipinski definition) is 2. The van der Waals surface area contributed by atoms with Crippen molar-refractivity contribution in [3.8, 4) is 0 Å². The van der Waals surface area contributed by atoms with Crippen molar-refractivity contribution < 1.29 is 0 Å². The standard InChI is InChI=1S/C3H10N2.ClH/c1-2-3(4)5;/h3H,2,4-5H2,1H3;1H. The van der Waals surface area contributed by atoms with Crippen LogP contribution in [0.5, 0.6) is 0 Å². The lowest BCUT2D eigenvalue weighted by atomic mass is 10.4.